The van der Waals surface area contributed by atoms with Gasteiger partial charge in [-0.25, -0.2) is 0 Å². The van der Waals surface area contributed by atoms with Crippen LogP contribution in [0, 0.1) is 6.92 Å². The van der Waals surface area contributed by atoms with E-state index in [9.17, 15) is 8.42 Å². The molecule has 0 amide bonds. The summed E-state index contributed by atoms with van der Waals surface area (Å²) in [6, 6.07) is 6.36. The zero-order valence-corrected chi connectivity index (χ0v) is 8.54. The number of hydroxylamine groups is 1. The second kappa shape index (κ2) is 4.26. The van der Waals surface area contributed by atoms with Crippen molar-refractivity contribution in [3.63, 3.8) is 0 Å². The fourth-order valence-electron chi connectivity index (χ4n) is 0.850. The number of nitrogens with one attached hydrogen (secondary N) is 1. The van der Waals surface area contributed by atoms with Crippen LogP contribution < -0.4 is 5.48 Å². The Bertz CT molecular complexity index is 408. The summed E-state index contributed by atoms with van der Waals surface area (Å²) in [5.74, 6) is 0. The van der Waals surface area contributed by atoms with E-state index in [1.54, 1.807) is 12.1 Å². The second-order valence-electron chi connectivity index (χ2n) is 2.67. The van der Waals surface area contributed by atoms with Crippen molar-refractivity contribution < 1.29 is 12.7 Å². The summed E-state index contributed by atoms with van der Waals surface area (Å²) >= 11 is 0. The molecular formula is C9H11NO3S. The van der Waals surface area contributed by atoms with E-state index in [4.69, 9.17) is 0 Å². The quantitative estimate of drug-likeness (QED) is 0.767. The largest absolute Gasteiger partial charge is 0.317 e. The Morgan fingerprint density at radius 2 is 1.93 bits per heavy atom. The zero-order chi connectivity index (χ0) is 10.6. The van der Waals surface area contributed by atoms with Gasteiger partial charge in [0, 0.05) is 6.20 Å². The van der Waals surface area contributed by atoms with Gasteiger partial charge in [0.15, 0.2) is 0 Å². The van der Waals surface area contributed by atoms with Crippen molar-refractivity contribution in [3.8, 4) is 0 Å². The molecule has 0 bridgehead atoms. The molecule has 5 heteroatoms. The first kappa shape index (κ1) is 10.7. The van der Waals surface area contributed by atoms with Gasteiger partial charge in [-0.3, -0.25) is 5.48 Å². The normalized spacial score (nSPS) is 10.9. The first-order valence-electron chi connectivity index (χ1n) is 3.93. The highest BCUT2D eigenvalue weighted by molar-refractivity contribution is 7.86. The van der Waals surface area contributed by atoms with Crippen molar-refractivity contribution in [1.82, 2.24) is 5.48 Å². The monoisotopic (exact) mass is 213 g/mol. The molecule has 0 aliphatic heterocycles. The second-order valence-corrected chi connectivity index (χ2v) is 4.22. The van der Waals surface area contributed by atoms with Gasteiger partial charge in [0.25, 0.3) is 0 Å². The van der Waals surface area contributed by atoms with Crippen LogP contribution in [0.3, 0.4) is 0 Å². The Kier molecular flexibility index (Phi) is 3.27. The van der Waals surface area contributed by atoms with E-state index in [1.165, 1.54) is 12.1 Å². The lowest BCUT2D eigenvalue weighted by Gasteiger charge is -2.03. The van der Waals surface area contributed by atoms with Gasteiger partial charge in [0.1, 0.15) is 0 Å². The lowest BCUT2D eigenvalue weighted by atomic mass is 10.2. The van der Waals surface area contributed by atoms with E-state index < -0.39 is 10.1 Å². The van der Waals surface area contributed by atoms with Crippen LogP contribution in [-0.4, -0.2) is 8.42 Å². The molecule has 76 valence electrons. The molecule has 1 aromatic carbocycles. The van der Waals surface area contributed by atoms with Crippen molar-refractivity contribution in [2.45, 2.75) is 11.8 Å². The maximum absolute atomic E-state index is 11.4. The van der Waals surface area contributed by atoms with E-state index in [0.717, 1.165) is 11.8 Å². The van der Waals surface area contributed by atoms with E-state index >= 15 is 0 Å². The SMILES string of the molecule is C=CNOS(=O)(=O)c1ccc(C)cc1. The van der Waals surface area contributed by atoms with Crippen molar-refractivity contribution >= 4 is 10.1 Å². The first-order valence-corrected chi connectivity index (χ1v) is 5.33. The summed E-state index contributed by atoms with van der Waals surface area (Å²) in [7, 11) is -3.72. The summed E-state index contributed by atoms with van der Waals surface area (Å²) in [5.41, 5.74) is 3.06. The maximum Gasteiger partial charge on any atom is 0.317 e. The van der Waals surface area contributed by atoms with Crippen LogP contribution in [-0.2, 0) is 14.4 Å². The molecule has 0 spiro atoms. The first-order chi connectivity index (χ1) is 6.56. The van der Waals surface area contributed by atoms with E-state index in [1.807, 2.05) is 6.92 Å². The van der Waals surface area contributed by atoms with Crippen molar-refractivity contribution in [2.75, 3.05) is 0 Å². The molecule has 0 unspecified atom stereocenters. The van der Waals surface area contributed by atoms with Crippen LogP contribution in [0.5, 0.6) is 0 Å². The highest BCUT2D eigenvalue weighted by atomic mass is 32.2. The predicted octanol–water partition coefficient (Wildman–Crippen LogP) is 1.35. The molecule has 0 radical (unpaired) electrons. The number of aryl methyl sites for hydroxylation is 1. The molecule has 14 heavy (non-hydrogen) atoms. The smallest absolute Gasteiger partial charge is 0.257 e. The Labute approximate surface area is 83.3 Å². The van der Waals surface area contributed by atoms with Gasteiger partial charge in [0.05, 0.1) is 4.90 Å². The van der Waals surface area contributed by atoms with Crippen LogP contribution in [0.2, 0.25) is 0 Å². The number of hydrogen-bond donors (Lipinski definition) is 1. The number of hydrogen-bond acceptors (Lipinski definition) is 4. The van der Waals surface area contributed by atoms with Crippen molar-refractivity contribution in [2.24, 2.45) is 0 Å². The molecule has 0 heterocycles. The highest BCUT2D eigenvalue weighted by Gasteiger charge is 2.13. The van der Waals surface area contributed by atoms with Gasteiger partial charge in [-0.15, -0.1) is 4.28 Å². The molecule has 0 aliphatic rings. The van der Waals surface area contributed by atoms with Gasteiger partial charge in [-0.05, 0) is 19.1 Å². The standard InChI is InChI=1S/C9H11NO3S/c1-3-10-13-14(11,12)9-6-4-8(2)5-7-9/h3-7,10H,1H2,2H3. The third-order valence-corrected chi connectivity index (χ3v) is 2.72. The highest BCUT2D eigenvalue weighted by Crippen LogP contribution is 2.11. The third-order valence-electron chi connectivity index (χ3n) is 1.55. The van der Waals surface area contributed by atoms with Gasteiger partial charge in [-0.1, -0.05) is 24.3 Å². The third kappa shape index (κ3) is 2.58. The summed E-state index contributed by atoms with van der Waals surface area (Å²) in [5, 5.41) is 0. The van der Waals surface area contributed by atoms with E-state index in [-0.39, 0.29) is 4.90 Å². The Morgan fingerprint density at radius 3 is 2.43 bits per heavy atom. The summed E-state index contributed by atoms with van der Waals surface area (Å²) in [6.45, 7) is 5.15. The minimum atomic E-state index is -3.72. The van der Waals surface area contributed by atoms with Crippen LogP contribution in [0.15, 0.2) is 41.9 Å². The van der Waals surface area contributed by atoms with Crippen molar-refractivity contribution in [1.29, 1.82) is 0 Å². The zero-order valence-electron chi connectivity index (χ0n) is 7.73. The lowest BCUT2D eigenvalue weighted by molar-refractivity contribution is 0.250. The van der Waals surface area contributed by atoms with Gasteiger partial charge in [0.2, 0.25) is 0 Å². The average Bonchev–Trinajstić information content (AvgIpc) is 2.16. The van der Waals surface area contributed by atoms with Gasteiger partial charge < -0.3 is 0 Å². The number of benzene rings is 1. The van der Waals surface area contributed by atoms with Crippen molar-refractivity contribution in [3.05, 3.63) is 42.6 Å². The Hall–Kier alpha value is -1.33. The van der Waals surface area contributed by atoms with Crippen LogP contribution in [0.4, 0.5) is 0 Å². The molecule has 0 atom stereocenters. The molecule has 0 saturated carbocycles. The van der Waals surface area contributed by atoms with Crippen LogP contribution >= 0.6 is 0 Å². The topological polar surface area (TPSA) is 55.4 Å². The molecule has 1 rings (SSSR count). The molecule has 0 aliphatic carbocycles. The summed E-state index contributed by atoms with van der Waals surface area (Å²) in [6.07, 6.45) is 1.14. The molecule has 1 N–H and O–H groups in total. The van der Waals surface area contributed by atoms with E-state index in [0.29, 0.717) is 0 Å². The molecular weight excluding hydrogens is 202 g/mol. The van der Waals surface area contributed by atoms with Crippen LogP contribution in [0.25, 0.3) is 0 Å². The molecule has 0 saturated heterocycles. The maximum atomic E-state index is 11.4. The van der Waals surface area contributed by atoms with E-state index in [2.05, 4.69) is 16.3 Å². The minimum absolute atomic E-state index is 0.109. The fourth-order valence-corrected chi connectivity index (χ4v) is 1.61. The molecule has 0 fully saturated rings. The predicted molar refractivity (Wildman–Crippen MR) is 52.8 cm³/mol. The Balaban J connectivity index is 2.93. The minimum Gasteiger partial charge on any atom is -0.257 e. The molecule has 0 aromatic heterocycles. The molecule has 4 nitrogen and oxygen atoms in total. The average molecular weight is 213 g/mol. The fraction of sp³-hybridized carbons (Fsp3) is 0.111. The summed E-state index contributed by atoms with van der Waals surface area (Å²) < 4.78 is 27.1. The Morgan fingerprint density at radius 1 is 1.36 bits per heavy atom. The lowest BCUT2D eigenvalue weighted by Crippen LogP contribution is -2.14. The van der Waals surface area contributed by atoms with Gasteiger partial charge >= 0.3 is 10.1 Å². The van der Waals surface area contributed by atoms with Crippen LogP contribution in [0.1, 0.15) is 5.56 Å². The molecule has 1 aromatic rings. The van der Waals surface area contributed by atoms with Gasteiger partial charge in [-0.2, -0.15) is 8.42 Å². The summed E-state index contributed by atoms with van der Waals surface area (Å²) in [4.78, 5) is 0.109. The number of rotatable bonds is 4.